The highest BCUT2D eigenvalue weighted by Crippen LogP contribution is 2.34. The van der Waals surface area contributed by atoms with Crippen LogP contribution >= 0.6 is 23.2 Å². The Hall–Kier alpha value is -1.34. The Bertz CT molecular complexity index is 467. The van der Waals surface area contributed by atoms with Crippen molar-refractivity contribution in [1.29, 1.82) is 0 Å². The molecule has 0 aliphatic heterocycles. The minimum atomic E-state index is -3.16. The number of hydrogen-bond donors (Lipinski definition) is 0. The van der Waals surface area contributed by atoms with Gasteiger partial charge in [0.05, 0.1) is 10.6 Å². The van der Waals surface area contributed by atoms with Gasteiger partial charge in [-0.15, -0.1) is 0 Å². The third-order valence-electron chi connectivity index (χ3n) is 1.64. The molecule has 0 amide bonds. The molecule has 0 aromatic carbocycles. The minimum absolute atomic E-state index is 0.551. The molecule has 0 aliphatic carbocycles. The highest BCUT2D eigenvalue weighted by molar-refractivity contribution is 6.68. The number of alkyl halides is 2. The summed E-state index contributed by atoms with van der Waals surface area (Å²) in [5.41, 5.74) is -1.96. The Morgan fingerprint density at radius 3 is 2.50 bits per heavy atom. The average molecular weight is 271 g/mol. The van der Waals surface area contributed by atoms with Crippen molar-refractivity contribution in [3.05, 3.63) is 32.5 Å². The van der Waals surface area contributed by atoms with Crippen LogP contribution in [0.2, 0.25) is 5.02 Å². The van der Waals surface area contributed by atoms with E-state index in [1.54, 1.807) is 0 Å². The topological polar surface area (TPSA) is 73.1 Å². The lowest BCUT2D eigenvalue weighted by Crippen LogP contribution is -2.07. The molecule has 1 aromatic heterocycles. The Morgan fingerprint density at radius 1 is 1.56 bits per heavy atom. The first-order valence-electron chi connectivity index (χ1n) is 3.67. The lowest BCUT2D eigenvalue weighted by Gasteiger charge is -2.06. The van der Waals surface area contributed by atoms with Gasteiger partial charge in [0.25, 0.3) is 11.7 Å². The summed E-state index contributed by atoms with van der Waals surface area (Å²) in [6.45, 7) is 0. The molecule has 5 nitrogen and oxygen atoms in total. The normalized spacial score (nSPS) is 10.6. The Labute approximate surface area is 97.1 Å². The summed E-state index contributed by atoms with van der Waals surface area (Å²) in [4.78, 5) is 23.4. The Morgan fingerprint density at radius 2 is 2.12 bits per heavy atom. The number of aromatic nitrogens is 1. The number of pyridine rings is 1. The van der Waals surface area contributed by atoms with Gasteiger partial charge in [-0.1, -0.05) is 11.6 Å². The van der Waals surface area contributed by atoms with Gasteiger partial charge in [0, 0.05) is 0 Å². The van der Waals surface area contributed by atoms with E-state index in [-0.39, 0.29) is 0 Å². The molecule has 0 saturated carbocycles. The first-order chi connectivity index (χ1) is 7.36. The summed E-state index contributed by atoms with van der Waals surface area (Å²) < 4.78 is 25.1. The molecule has 1 heterocycles. The van der Waals surface area contributed by atoms with E-state index in [1.165, 1.54) is 0 Å². The van der Waals surface area contributed by atoms with Crippen molar-refractivity contribution in [3.8, 4) is 0 Å². The maximum absolute atomic E-state index is 12.5. The van der Waals surface area contributed by atoms with Crippen LogP contribution in [0, 0.1) is 10.1 Å². The van der Waals surface area contributed by atoms with Crippen LogP contribution < -0.4 is 0 Å². The number of halogens is 4. The Balaban J connectivity index is 3.63. The molecular weight excluding hydrogens is 269 g/mol. The molecule has 86 valence electrons. The zero-order valence-corrected chi connectivity index (χ0v) is 8.80. The molecule has 0 radical (unpaired) electrons. The summed E-state index contributed by atoms with van der Waals surface area (Å²) in [5, 5.41) is 8.50. The number of carbonyl (C=O) groups is 1. The van der Waals surface area contributed by atoms with Gasteiger partial charge in [-0.25, -0.2) is 8.78 Å². The standard InChI is InChI=1S/C7H2Cl2F2N2O3/c8-2-1-12-7(13(15)16)4(5(9)14)3(2)6(10)11/h1,6H. The number of nitrogens with zero attached hydrogens (tertiary/aromatic N) is 2. The summed E-state index contributed by atoms with van der Waals surface area (Å²) in [6.07, 6.45) is -2.49. The molecular formula is C7H2Cl2F2N2O3. The molecule has 16 heavy (non-hydrogen) atoms. The van der Waals surface area contributed by atoms with Crippen molar-refractivity contribution in [1.82, 2.24) is 4.98 Å². The third-order valence-corrected chi connectivity index (χ3v) is 2.13. The minimum Gasteiger partial charge on any atom is -0.358 e. The maximum Gasteiger partial charge on any atom is 0.376 e. The SMILES string of the molecule is O=C(Cl)c1c([N+](=O)[O-])ncc(Cl)c1C(F)F. The van der Waals surface area contributed by atoms with E-state index < -0.39 is 38.6 Å². The number of carbonyl (C=O) groups excluding carboxylic acids is 1. The highest BCUT2D eigenvalue weighted by atomic mass is 35.5. The largest absolute Gasteiger partial charge is 0.376 e. The van der Waals surface area contributed by atoms with Crippen molar-refractivity contribution in [2.75, 3.05) is 0 Å². The second kappa shape index (κ2) is 4.67. The molecule has 0 atom stereocenters. The van der Waals surface area contributed by atoms with Gasteiger partial charge in [0.2, 0.25) is 0 Å². The van der Waals surface area contributed by atoms with Crippen LogP contribution in [0.15, 0.2) is 6.20 Å². The fourth-order valence-electron chi connectivity index (χ4n) is 1.04. The molecule has 1 aromatic rings. The molecule has 0 aliphatic rings. The van der Waals surface area contributed by atoms with Crippen LogP contribution in [0.5, 0.6) is 0 Å². The monoisotopic (exact) mass is 270 g/mol. The smallest absolute Gasteiger partial charge is 0.358 e. The molecule has 0 unspecified atom stereocenters. The molecule has 0 fully saturated rings. The van der Waals surface area contributed by atoms with Crippen LogP contribution in [0.25, 0.3) is 0 Å². The van der Waals surface area contributed by atoms with Crippen LogP contribution in [-0.4, -0.2) is 15.1 Å². The predicted molar refractivity (Wildman–Crippen MR) is 51.0 cm³/mol. The van der Waals surface area contributed by atoms with Gasteiger partial charge in [-0.3, -0.25) is 4.79 Å². The molecule has 0 N–H and O–H groups in total. The van der Waals surface area contributed by atoms with E-state index in [9.17, 15) is 23.7 Å². The second-order valence-electron chi connectivity index (χ2n) is 2.55. The average Bonchev–Trinajstić information content (AvgIpc) is 2.15. The number of hydrogen-bond acceptors (Lipinski definition) is 4. The summed E-state index contributed by atoms with van der Waals surface area (Å²) in [6, 6.07) is 0. The zero-order chi connectivity index (χ0) is 12.5. The van der Waals surface area contributed by atoms with Gasteiger partial charge in [-0.05, 0) is 21.5 Å². The van der Waals surface area contributed by atoms with Crippen molar-refractivity contribution >= 4 is 34.3 Å². The van der Waals surface area contributed by atoms with E-state index >= 15 is 0 Å². The molecule has 0 bridgehead atoms. The van der Waals surface area contributed by atoms with Crippen LogP contribution in [-0.2, 0) is 0 Å². The summed E-state index contributed by atoms with van der Waals surface area (Å²) in [7, 11) is 0. The van der Waals surface area contributed by atoms with E-state index in [2.05, 4.69) is 4.98 Å². The van der Waals surface area contributed by atoms with Crippen LogP contribution in [0.4, 0.5) is 14.6 Å². The summed E-state index contributed by atoms with van der Waals surface area (Å²) >= 11 is 10.4. The molecule has 9 heteroatoms. The molecule has 0 spiro atoms. The number of nitro groups is 1. The van der Waals surface area contributed by atoms with E-state index in [1.807, 2.05) is 0 Å². The van der Waals surface area contributed by atoms with Gasteiger partial charge in [-0.2, -0.15) is 0 Å². The lowest BCUT2D eigenvalue weighted by atomic mass is 10.1. The first kappa shape index (κ1) is 12.7. The second-order valence-corrected chi connectivity index (χ2v) is 3.30. The summed E-state index contributed by atoms with van der Waals surface area (Å²) in [5.74, 6) is -1.04. The van der Waals surface area contributed by atoms with Gasteiger partial charge in [0.1, 0.15) is 5.56 Å². The van der Waals surface area contributed by atoms with Gasteiger partial charge in [0.15, 0.2) is 6.20 Å². The Kier molecular flexibility index (Phi) is 3.71. The third kappa shape index (κ3) is 2.25. The van der Waals surface area contributed by atoms with Crippen molar-refractivity contribution in [2.45, 2.75) is 6.43 Å². The maximum atomic E-state index is 12.5. The quantitative estimate of drug-likeness (QED) is 0.481. The van der Waals surface area contributed by atoms with Crippen LogP contribution in [0.3, 0.4) is 0 Å². The van der Waals surface area contributed by atoms with Crippen LogP contribution in [0.1, 0.15) is 22.3 Å². The van der Waals surface area contributed by atoms with E-state index in [4.69, 9.17) is 23.2 Å². The first-order valence-corrected chi connectivity index (χ1v) is 4.42. The zero-order valence-electron chi connectivity index (χ0n) is 7.29. The van der Waals surface area contributed by atoms with E-state index in [0.717, 1.165) is 0 Å². The molecule has 1 rings (SSSR count). The lowest BCUT2D eigenvalue weighted by molar-refractivity contribution is -0.389. The van der Waals surface area contributed by atoms with Crippen molar-refractivity contribution < 1.29 is 18.5 Å². The highest BCUT2D eigenvalue weighted by Gasteiger charge is 2.31. The predicted octanol–water partition coefficient (Wildman–Crippen LogP) is 2.96. The van der Waals surface area contributed by atoms with Gasteiger partial charge < -0.3 is 10.1 Å². The van der Waals surface area contributed by atoms with Gasteiger partial charge >= 0.3 is 5.82 Å². The molecule has 0 saturated heterocycles. The fourth-order valence-corrected chi connectivity index (χ4v) is 1.45. The number of rotatable bonds is 3. The fraction of sp³-hybridized carbons (Fsp3) is 0.143. The van der Waals surface area contributed by atoms with Crippen molar-refractivity contribution in [3.63, 3.8) is 0 Å². The van der Waals surface area contributed by atoms with Crippen molar-refractivity contribution in [2.24, 2.45) is 0 Å². The van der Waals surface area contributed by atoms with E-state index in [0.29, 0.717) is 6.20 Å².